The molecule has 0 fully saturated rings. The summed E-state index contributed by atoms with van der Waals surface area (Å²) >= 11 is 0. The Morgan fingerprint density at radius 1 is 1.29 bits per heavy atom. The van der Waals surface area contributed by atoms with Crippen LogP contribution in [0.3, 0.4) is 0 Å². The number of nitrogens with zero attached hydrogens (tertiary/aromatic N) is 3. The Hall–Kier alpha value is -2.19. The summed E-state index contributed by atoms with van der Waals surface area (Å²) in [4.78, 5) is 12.6. The Labute approximate surface area is 142 Å². The second-order valence-electron chi connectivity index (χ2n) is 5.85. The molecule has 1 atom stereocenters. The van der Waals surface area contributed by atoms with Gasteiger partial charge in [0.25, 0.3) is 0 Å². The quantitative estimate of drug-likeness (QED) is 0.893. The lowest BCUT2D eigenvalue weighted by Crippen LogP contribution is -2.25. The molecule has 1 N–H and O–H groups in total. The van der Waals surface area contributed by atoms with E-state index in [2.05, 4.69) is 10.4 Å². The third-order valence-electron chi connectivity index (χ3n) is 3.98. The minimum atomic E-state index is -3.57. The van der Waals surface area contributed by atoms with Crippen molar-refractivity contribution in [1.29, 1.82) is 0 Å². The van der Waals surface area contributed by atoms with Crippen LogP contribution in [0.15, 0.2) is 35.5 Å². The average molecular weight is 350 g/mol. The van der Waals surface area contributed by atoms with Crippen molar-refractivity contribution in [1.82, 2.24) is 14.1 Å². The zero-order valence-electron chi connectivity index (χ0n) is 14.4. The Morgan fingerprint density at radius 3 is 2.50 bits per heavy atom. The molecule has 1 amide bonds. The Balaban J connectivity index is 2.37. The van der Waals surface area contributed by atoms with Gasteiger partial charge < -0.3 is 5.32 Å². The molecule has 0 radical (unpaired) electrons. The smallest absolute Gasteiger partial charge is 0.248 e. The molecule has 0 saturated carbocycles. The monoisotopic (exact) mass is 350 g/mol. The summed E-state index contributed by atoms with van der Waals surface area (Å²) in [6.07, 6.45) is 3.30. The molecule has 0 aliphatic rings. The van der Waals surface area contributed by atoms with E-state index in [9.17, 15) is 13.2 Å². The van der Waals surface area contributed by atoms with Crippen molar-refractivity contribution in [2.45, 2.75) is 31.7 Å². The highest BCUT2D eigenvalue weighted by Crippen LogP contribution is 2.26. The number of carbonyl (C=O) groups excluding carboxylic acids is 1. The fraction of sp³-hybridized carbons (Fsp3) is 0.375. The maximum absolute atomic E-state index is 12.4. The van der Waals surface area contributed by atoms with Gasteiger partial charge in [-0.3, -0.25) is 9.48 Å². The summed E-state index contributed by atoms with van der Waals surface area (Å²) in [5, 5.41) is 6.86. The van der Waals surface area contributed by atoms with Crippen molar-refractivity contribution in [3.05, 3.63) is 41.7 Å². The van der Waals surface area contributed by atoms with Gasteiger partial charge in [-0.2, -0.15) is 5.10 Å². The van der Waals surface area contributed by atoms with E-state index in [0.29, 0.717) is 5.69 Å². The summed E-state index contributed by atoms with van der Waals surface area (Å²) in [6, 6.07) is 4.33. The number of hydrogen-bond donors (Lipinski definition) is 1. The van der Waals surface area contributed by atoms with E-state index in [4.69, 9.17) is 0 Å². The highest BCUT2D eigenvalue weighted by molar-refractivity contribution is 7.89. The number of aromatic nitrogens is 2. The summed E-state index contributed by atoms with van der Waals surface area (Å²) in [7, 11) is -0.624. The molecule has 8 heteroatoms. The average Bonchev–Trinajstić information content (AvgIpc) is 3.04. The van der Waals surface area contributed by atoms with Gasteiger partial charge >= 0.3 is 0 Å². The van der Waals surface area contributed by atoms with Crippen LogP contribution < -0.4 is 5.32 Å². The van der Waals surface area contributed by atoms with E-state index >= 15 is 0 Å². The van der Waals surface area contributed by atoms with Crippen molar-refractivity contribution in [3.63, 3.8) is 0 Å². The van der Waals surface area contributed by atoms with E-state index in [1.165, 1.54) is 24.8 Å². The van der Waals surface area contributed by atoms with Crippen molar-refractivity contribution >= 4 is 21.6 Å². The van der Waals surface area contributed by atoms with Gasteiger partial charge in [0.05, 0.1) is 4.90 Å². The fourth-order valence-corrected chi connectivity index (χ4v) is 3.20. The molecule has 1 aromatic carbocycles. The Kier molecular flexibility index (Phi) is 5.10. The molecule has 2 rings (SSSR count). The molecule has 0 saturated heterocycles. The standard InChI is InChI=1S/C16H22N4O3S/c1-11-9-14(24(22,23)19(4)5)10-15(12(11)2)18-16(21)13(3)20-8-6-7-17-20/h6-10,13H,1-5H3,(H,18,21)/t13-/m1/s1. The van der Waals surface area contributed by atoms with Crippen LogP contribution in [0.2, 0.25) is 0 Å². The minimum Gasteiger partial charge on any atom is -0.324 e. The van der Waals surface area contributed by atoms with Gasteiger partial charge in [0.1, 0.15) is 6.04 Å². The molecule has 0 spiro atoms. The largest absolute Gasteiger partial charge is 0.324 e. The molecule has 130 valence electrons. The topological polar surface area (TPSA) is 84.3 Å². The second kappa shape index (κ2) is 6.74. The number of aryl methyl sites for hydroxylation is 1. The first-order chi connectivity index (χ1) is 11.1. The van der Waals surface area contributed by atoms with Crippen LogP contribution in [0.5, 0.6) is 0 Å². The van der Waals surface area contributed by atoms with Crippen LogP contribution in [0, 0.1) is 13.8 Å². The predicted molar refractivity (Wildman–Crippen MR) is 92.4 cm³/mol. The second-order valence-corrected chi connectivity index (χ2v) is 8.00. The fourth-order valence-electron chi connectivity index (χ4n) is 2.18. The van der Waals surface area contributed by atoms with E-state index in [-0.39, 0.29) is 10.8 Å². The third-order valence-corrected chi connectivity index (χ3v) is 5.77. The highest BCUT2D eigenvalue weighted by atomic mass is 32.2. The lowest BCUT2D eigenvalue weighted by atomic mass is 10.1. The van der Waals surface area contributed by atoms with Crippen molar-refractivity contribution in [2.24, 2.45) is 0 Å². The molecular weight excluding hydrogens is 328 g/mol. The SMILES string of the molecule is Cc1cc(S(=O)(=O)N(C)C)cc(NC(=O)[C@@H](C)n2cccn2)c1C. The van der Waals surface area contributed by atoms with Crippen molar-refractivity contribution in [3.8, 4) is 0 Å². The minimum absolute atomic E-state index is 0.151. The van der Waals surface area contributed by atoms with Gasteiger partial charge in [-0.25, -0.2) is 12.7 Å². The van der Waals surface area contributed by atoms with Crippen molar-refractivity contribution < 1.29 is 13.2 Å². The summed E-state index contributed by atoms with van der Waals surface area (Å²) in [6.45, 7) is 5.39. The molecular formula is C16H22N4O3S. The van der Waals surface area contributed by atoms with Gasteiger partial charge in [-0.15, -0.1) is 0 Å². The van der Waals surface area contributed by atoms with E-state index in [0.717, 1.165) is 15.4 Å². The molecule has 7 nitrogen and oxygen atoms in total. The summed E-state index contributed by atoms with van der Waals surface area (Å²) < 4.78 is 27.4. The summed E-state index contributed by atoms with van der Waals surface area (Å²) in [5.41, 5.74) is 2.10. The van der Waals surface area contributed by atoms with Crippen LogP contribution in [-0.2, 0) is 14.8 Å². The Morgan fingerprint density at radius 2 is 1.96 bits per heavy atom. The lowest BCUT2D eigenvalue weighted by molar-refractivity contribution is -0.119. The van der Waals surface area contributed by atoms with E-state index < -0.39 is 16.1 Å². The molecule has 0 unspecified atom stereocenters. The molecule has 0 aliphatic carbocycles. The number of hydrogen-bond acceptors (Lipinski definition) is 4. The number of benzene rings is 1. The van der Waals surface area contributed by atoms with E-state index in [1.54, 1.807) is 31.5 Å². The first kappa shape index (κ1) is 18.2. The molecule has 0 aliphatic heterocycles. The van der Waals surface area contributed by atoms with Crippen LogP contribution in [0.4, 0.5) is 5.69 Å². The molecule has 0 bridgehead atoms. The zero-order valence-corrected chi connectivity index (χ0v) is 15.3. The Bertz CT molecular complexity index is 842. The van der Waals surface area contributed by atoms with Crippen LogP contribution in [-0.4, -0.2) is 42.5 Å². The van der Waals surface area contributed by atoms with Gasteiger partial charge in [0.15, 0.2) is 0 Å². The normalized spacial score (nSPS) is 13.1. The third kappa shape index (κ3) is 3.49. The number of nitrogens with one attached hydrogen (secondary N) is 1. The first-order valence-electron chi connectivity index (χ1n) is 7.48. The molecule has 1 aromatic heterocycles. The van der Waals surface area contributed by atoms with Gasteiger partial charge in [-0.1, -0.05) is 0 Å². The van der Waals surface area contributed by atoms with Crippen LogP contribution >= 0.6 is 0 Å². The van der Waals surface area contributed by atoms with Gasteiger partial charge in [-0.05, 0) is 50.1 Å². The zero-order chi connectivity index (χ0) is 18.1. The highest BCUT2D eigenvalue weighted by Gasteiger charge is 2.21. The van der Waals surface area contributed by atoms with Gasteiger partial charge in [0, 0.05) is 32.2 Å². The van der Waals surface area contributed by atoms with Gasteiger partial charge in [0.2, 0.25) is 15.9 Å². The molecule has 24 heavy (non-hydrogen) atoms. The van der Waals surface area contributed by atoms with Crippen molar-refractivity contribution in [2.75, 3.05) is 19.4 Å². The maximum atomic E-state index is 12.4. The predicted octanol–water partition coefficient (Wildman–Crippen LogP) is 1.95. The first-order valence-corrected chi connectivity index (χ1v) is 8.92. The number of anilines is 1. The maximum Gasteiger partial charge on any atom is 0.248 e. The molecule has 2 aromatic rings. The van der Waals surface area contributed by atoms with Crippen LogP contribution in [0.1, 0.15) is 24.1 Å². The van der Waals surface area contributed by atoms with Crippen LogP contribution in [0.25, 0.3) is 0 Å². The molecule has 1 heterocycles. The lowest BCUT2D eigenvalue weighted by Gasteiger charge is -2.18. The number of rotatable bonds is 5. The number of amides is 1. The van der Waals surface area contributed by atoms with E-state index in [1.807, 2.05) is 13.8 Å². The number of sulfonamides is 1. The summed E-state index contributed by atoms with van der Waals surface area (Å²) in [5.74, 6) is -0.263. The number of carbonyl (C=O) groups is 1.